The summed E-state index contributed by atoms with van der Waals surface area (Å²) in [5.74, 6) is 1.63. The van der Waals surface area contributed by atoms with Crippen molar-refractivity contribution in [2.45, 2.75) is 11.2 Å². The Labute approximate surface area is 142 Å². The molecule has 0 amide bonds. The molecule has 1 aliphatic rings. The van der Waals surface area contributed by atoms with E-state index in [0.29, 0.717) is 23.3 Å². The van der Waals surface area contributed by atoms with Crippen LogP contribution in [0, 0.1) is 0 Å². The van der Waals surface area contributed by atoms with Crippen molar-refractivity contribution in [1.82, 2.24) is 0 Å². The smallest absolute Gasteiger partial charge is 0.165 e. The molecule has 1 heterocycles. The number of halogens is 3. The average Bonchev–Trinajstić information content (AvgIpc) is 2.50. The molecule has 2 aromatic rings. The molecule has 1 unspecified atom stereocenters. The van der Waals surface area contributed by atoms with Gasteiger partial charge in [0.2, 0.25) is 0 Å². The number of alkyl halides is 1. The summed E-state index contributed by atoms with van der Waals surface area (Å²) in [4.78, 5) is 0.117. The van der Waals surface area contributed by atoms with Gasteiger partial charge in [-0.15, -0.1) is 0 Å². The Morgan fingerprint density at radius 1 is 1.05 bits per heavy atom. The molecule has 1 atom stereocenters. The largest absolute Gasteiger partial charge is 0.486 e. The molecule has 1 aliphatic heterocycles. The Balaban J connectivity index is 1.85. The van der Waals surface area contributed by atoms with E-state index in [1.165, 1.54) is 0 Å². The van der Waals surface area contributed by atoms with Crippen LogP contribution in [0.1, 0.15) is 16.0 Å². The fourth-order valence-electron chi connectivity index (χ4n) is 2.33. The molecule has 0 saturated carbocycles. The highest BCUT2D eigenvalue weighted by Gasteiger charge is 2.20. The van der Waals surface area contributed by atoms with E-state index in [4.69, 9.17) is 32.7 Å². The van der Waals surface area contributed by atoms with Gasteiger partial charge in [0.15, 0.2) is 11.5 Å². The fourth-order valence-corrected chi connectivity index (χ4v) is 3.38. The summed E-state index contributed by atoms with van der Waals surface area (Å²) in [6, 6.07) is 11.6. The van der Waals surface area contributed by atoms with Gasteiger partial charge in [-0.1, -0.05) is 57.3 Å². The van der Waals surface area contributed by atoms with E-state index in [1.54, 1.807) is 0 Å². The molecular weight excluding hydrogens is 375 g/mol. The van der Waals surface area contributed by atoms with Crippen LogP contribution in [-0.2, 0) is 6.42 Å². The monoisotopic (exact) mass is 386 g/mol. The Kier molecular flexibility index (Phi) is 4.63. The Bertz CT molecular complexity index is 661. The molecule has 21 heavy (non-hydrogen) atoms. The van der Waals surface area contributed by atoms with Crippen molar-refractivity contribution in [3.63, 3.8) is 0 Å². The van der Waals surface area contributed by atoms with Crippen LogP contribution >= 0.6 is 39.1 Å². The number of hydrogen-bond donors (Lipinski definition) is 0. The van der Waals surface area contributed by atoms with Gasteiger partial charge in [0.25, 0.3) is 0 Å². The van der Waals surface area contributed by atoms with Gasteiger partial charge in [-0.25, -0.2) is 0 Å². The summed E-state index contributed by atoms with van der Waals surface area (Å²) in [7, 11) is 0. The topological polar surface area (TPSA) is 18.5 Å². The van der Waals surface area contributed by atoms with Crippen molar-refractivity contribution < 1.29 is 9.47 Å². The van der Waals surface area contributed by atoms with Gasteiger partial charge in [-0.3, -0.25) is 0 Å². The van der Waals surface area contributed by atoms with E-state index in [1.807, 2.05) is 36.4 Å². The highest BCUT2D eigenvalue weighted by Crippen LogP contribution is 2.41. The number of fused-ring (bicyclic) bond motifs is 1. The van der Waals surface area contributed by atoms with Crippen molar-refractivity contribution in [2.75, 3.05) is 13.2 Å². The molecule has 0 aromatic heterocycles. The third-order valence-electron chi connectivity index (χ3n) is 3.33. The quantitative estimate of drug-likeness (QED) is 0.652. The summed E-state index contributed by atoms with van der Waals surface area (Å²) in [6.45, 7) is 1.17. The van der Waals surface area contributed by atoms with E-state index >= 15 is 0 Å². The first-order chi connectivity index (χ1) is 10.1. The van der Waals surface area contributed by atoms with Crippen LogP contribution < -0.4 is 9.47 Å². The molecule has 2 aromatic carbocycles. The molecule has 3 rings (SSSR count). The molecule has 0 bridgehead atoms. The lowest BCUT2D eigenvalue weighted by Gasteiger charge is -2.23. The zero-order valence-corrected chi connectivity index (χ0v) is 14.2. The van der Waals surface area contributed by atoms with Crippen LogP contribution in [-0.4, -0.2) is 13.2 Å². The Morgan fingerprint density at radius 3 is 2.67 bits per heavy atom. The molecule has 110 valence electrons. The van der Waals surface area contributed by atoms with Crippen LogP contribution in [0.4, 0.5) is 0 Å². The third kappa shape index (κ3) is 3.31. The lowest BCUT2D eigenvalue weighted by atomic mass is 10.0. The van der Waals surface area contributed by atoms with Crippen LogP contribution in [0.2, 0.25) is 10.0 Å². The number of benzene rings is 2. The van der Waals surface area contributed by atoms with Crippen LogP contribution in [0.15, 0.2) is 36.4 Å². The summed E-state index contributed by atoms with van der Waals surface area (Å²) >= 11 is 15.7. The van der Waals surface area contributed by atoms with E-state index in [9.17, 15) is 0 Å². The maximum atomic E-state index is 6.07. The van der Waals surface area contributed by atoms with E-state index in [-0.39, 0.29) is 4.83 Å². The maximum absolute atomic E-state index is 6.07. The van der Waals surface area contributed by atoms with Gasteiger partial charge in [0.05, 0.1) is 10.0 Å². The van der Waals surface area contributed by atoms with Crippen molar-refractivity contribution in [1.29, 1.82) is 0 Å². The predicted molar refractivity (Wildman–Crippen MR) is 89.3 cm³/mol. The average molecular weight is 388 g/mol. The Morgan fingerprint density at radius 2 is 1.86 bits per heavy atom. The SMILES string of the molecule is Clc1ccc(CC(Br)c2cccc3c2OCCO3)cc1Cl. The number of rotatable bonds is 3. The summed E-state index contributed by atoms with van der Waals surface area (Å²) < 4.78 is 11.4. The zero-order chi connectivity index (χ0) is 14.8. The number of para-hydroxylation sites is 1. The first-order valence-electron chi connectivity index (χ1n) is 6.61. The predicted octanol–water partition coefficient (Wildman–Crippen LogP) is 5.44. The number of hydrogen-bond acceptors (Lipinski definition) is 2. The molecule has 0 saturated heterocycles. The minimum Gasteiger partial charge on any atom is -0.486 e. The lowest BCUT2D eigenvalue weighted by Crippen LogP contribution is -2.17. The lowest BCUT2D eigenvalue weighted by molar-refractivity contribution is 0.170. The molecule has 0 spiro atoms. The summed E-state index contributed by atoms with van der Waals surface area (Å²) in [5, 5.41) is 1.14. The second-order valence-electron chi connectivity index (χ2n) is 4.79. The number of ether oxygens (including phenoxy) is 2. The Hall–Kier alpha value is -0.900. The molecule has 0 aliphatic carbocycles. The van der Waals surface area contributed by atoms with Gasteiger partial charge in [0, 0.05) is 10.4 Å². The maximum Gasteiger partial charge on any atom is 0.165 e. The molecule has 0 radical (unpaired) electrons. The van der Waals surface area contributed by atoms with Gasteiger partial charge < -0.3 is 9.47 Å². The van der Waals surface area contributed by atoms with Gasteiger partial charge in [0.1, 0.15) is 13.2 Å². The third-order valence-corrected chi connectivity index (χ3v) is 4.89. The van der Waals surface area contributed by atoms with Gasteiger partial charge in [-0.05, 0) is 30.2 Å². The second-order valence-corrected chi connectivity index (χ2v) is 6.71. The minimum atomic E-state index is 0.117. The highest BCUT2D eigenvalue weighted by molar-refractivity contribution is 9.09. The van der Waals surface area contributed by atoms with Crippen LogP contribution in [0.5, 0.6) is 11.5 Å². The van der Waals surface area contributed by atoms with Crippen molar-refractivity contribution in [3.05, 3.63) is 57.6 Å². The van der Waals surface area contributed by atoms with Crippen molar-refractivity contribution in [2.24, 2.45) is 0 Å². The minimum absolute atomic E-state index is 0.117. The molecule has 5 heteroatoms. The van der Waals surface area contributed by atoms with Crippen molar-refractivity contribution >= 4 is 39.1 Å². The summed E-state index contributed by atoms with van der Waals surface area (Å²) in [5.41, 5.74) is 2.19. The zero-order valence-electron chi connectivity index (χ0n) is 11.1. The molecule has 0 fully saturated rings. The van der Waals surface area contributed by atoms with E-state index in [2.05, 4.69) is 15.9 Å². The van der Waals surface area contributed by atoms with Crippen molar-refractivity contribution in [3.8, 4) is 11.5 Å². The first-order valence-corrected chi connectivity index (χ1v) is 8.29. The van der Waals surface area contributed by atoms with Gasteiger partial charge in [-0.2, -0.15) is 0 Å². The highest BCUT2D eigenvalue weighted by atomic mass is 79.9. The summed E-state index contributed by atoms with van der Waals surface area (Å²) in [6.07, 6.45) is 0.788. The van der Waals surface area contributed by atoms with Gasteiger partial charge >= 0.3 is 0 Å². The second kappa shape index (κ2) is 6.47. The molecule has 0 N–H and O–H groups in total. The fraction of sp³-hybridized carbons (Fsp3) is 0.250. The van der Waals surface area contributed by atoms with E-state index < -0.39 is 0 Å². The normalized spacial score (nSPS) is 14.8. The first kappa shape index (κ1) is 15.0. The van der Waals surface area contributed by atoms with Crippen LogP contribution in [0.3, 0.4) is 0 Å². The molecule has 2 nitrogen and oxygen atoms in total. The molecular formula is C16H13BrCl2O2. The van der Waals surface area contributed by atoms with E-state index in [0.717, 1.165) is 29.0 Å². The van der Waals surface area contributed by atoms with Crippen LogP contribution in [0.25, 0.3) is 0 Å². The standard InChI is InChI=1S/C16H13BrCl2O2/c17-12(8-10-4-5-13(18)14(19)9-10)11-2-1-3-15-16(11)21-7-6-20-15/h1-5,9,12H,6-8H2.